The monoisotopic (exact) mass is 275 g/mol. The lowest BCUT2D eigenvalue weighted by molar-refractivity contribution is 0.783. The standard InChI is InChI=1S/C9H11BrClN3/c1-5-2-6(5)3-12-8-7(10)4-13-9(11)14-8/h4-6H,2-3H2,1H3,(H,12,13,14). The van der Waals surface area contributed by atoms with Crippen LogP contribution in [0.2, 0.25) is 5.28 Å². The highest BCUT2D eigenvalue weighted by Gasteiger charge is 2.32. The van der Waals surface area contributed by atoms with Gasteiger partial charge < -0.3 is 5.32 Å². The minimum absolute atomic E-state index is 0.277. The first kappa shape index (κ1) is 10.2. The summed E-state index contributed by atoms with van der Waals surface area (Å²) in [5.74, 6) is 2.42. The average Bonchev–Trinajstić information content (AvgIpc) is 2.84. The molecular formula is C9H11BrClN3. The summed E-state index contributed by atoms with van der Waals surface area (Å²) in [6, 6.07) is 0. The lowest BCUT2D eigenvalue weighted by Gasteiger charge is -2.06. The second-order valence-electron chi connectivity index (χ2n) is 3.69. The van der Waals surface area contributed by atoms with Crippen molar-refractivity contribution in [2.75, 3.05) is 11.9 Å². The fraction of sp³-hybridized carbons (Fsp3) is 0.556. The summed E-state index contributed by atoms with van der Waals surface area (Å²) in [6.45, 7) is 3.22. The van der Waals surface area contributed by atoms with Gasteiger partial charge in [-0.15, -0.1) is 0 Å². The third-order valence-corrected chi connectivity index (χ3v) is 3.28. The molecule has 0 aromatic carbocycles. The number of aromatic nitrogens is 2. The van der Waals surface area contributed by atoms with Crippen LogP contribution < -0.4 is 5.32 Å². The Balaban J connectivity index is 1.97. The SMILES string of the molecule is CC1CC1CNc1nc(Cl)ncc1Br. The van der Waals surface area contributed by atoms with E-state index in [0.717, 1.165) is 28.7 Å². The number of anilines is 1. The van der Waals surface area contributed by atoms with Crippen LogP contribution >= 0.6 is 27.5 Å². The predicted octanol–water partition coefficient (Wildman–Crippen LogP) is 2.96. The highest BCUT2D eigenvalue weighted by Crippen LogP contribution is 2.37. The molecule has 1 aliphatic rings. The van der Waals surface area contributed by atoms with Crippen molar-refractivity contribution in [3.05, 3.63) is 16.0 Å². The molecule has 0 radical (unpaired) electrons. The molecule has 2 atom stereocenters. The first-order valence-electron chi connectivity index (χ1n) is 4.58. The molecule has 2 rings (SSSR count). The zero-order chi connectivity index (χ0) is 10.1. The van der Waals surface area contributed by atoms with E-state index >= 15 is 0 Å². The van der Waals surface area contributed by atoms with Crippen LogP contribution in [0.25, 0.3) is 0 Å². The molecule has 1 fully saturated rings. The Labute approximate surface area is 96.4 Å². The molecule has 76 valence electrons. The minimum atomic E-state index is 0.277. The van der Waals surface area contributed by atoms with Crippen LogP contribution in [0.3, 0.4) is 0 Å². The maximum absolute atomic E-state index is 5.69. The third kappa shape index (κ3) is 2.36. The second-order valence-corrected chi connectivity index (χ2v) is 4.88. The van der Waals surface area contributed by atoms with Crippen LogP contribution in [0, 0.1) is 11.8 Å². The Kier molecular flexibility index (Phi) is 2.93. The molecule has 2 unspecified atom stereocenters. The van der Waals surface area contributed by atoms with Crippen LogP contribution in [0.15, 0.2) is 10.7 Å². The van der Waals surface area contributed by atoms with Gasteiger partial charge >= 0.3 is 0 Å². The van der Waals surface area contributed by atoms with Crippen molar-refractivity contribution in [2.45, 2.75) is 13.3 Å². The van der Waals surface area contributed by atoms with E-state index in [9.17, 15) is 0 Å². The van der Waals surface area contributed by atoms with Crippen molar-refractivity contribution >= 4 is 33.3 Å². The molecule has 0 bridgehead atoms. The van der Waals surface area contributed by atoms with E-state index < -0.39 is 0 Å². The van der Waals surface area contributed by atoms with Crippen LogP contribution in [0.1, 0.15) is 13.3 Å². The molecule has 14 heavy (non-hydrogen) atoms. The van der Waals surface area contributed by atoms with Crippen LogP contribution in [0.5, 0.6) is 0 Å². The van der Waals surface area contributed by atoms with Crippen molar-refractivity contribution in [1.82, 2.24) is 9.97 Å². The lowest BCUT2D eigenvalue weighted by Crippen LogP contribution is -2.07. The normalized spacial score (nSPS) is 24.8. The van der Waals surface area contributed by atoms with Gasteiger partial charge in [0.05, 0.1) is 4.47 Å². The number of rotatable bonds is 3. The molecule has 1 aromatic heterocycles. The van der Waals surface area contributed by atoms with Crippen molar-refractivity contribution < 1.29 is 0 Å². The molecule has 0 spiro atoms. The number of halogens is 2. The summed E-state index contributed by atoms with van der Waals surface area (Å²) in [5.41, 5.74) is 0. The van der Waals surface area contributed by atoms with Crippen molar-refractivity contribution in [3.63, 3.8) is 0 Å². The third-order valence-electron chi connectivity index (χ3n) is 2.52. The Bertz CT molecular complexity index is 345. The minimum Gasteiger partial charge on any atom is -0.369 e. The van der Waals surface area contributed by atoms with Gasteiger partial charge in [-0.25, -0.2) is 4.98 Å². The van der Waals surface area contributed by atoms with Gasteiger partial charge in [-0.1, -0.05) is 6.92 Å². The number of hydrogen-bond acceptors (Lipinski definition) is 3. The van der Waals surface area contributed by atoms with Crippen molar-refractivity contribution in [1.29, 1.82) is 0 Å². The van der Waals surface area contributed by atoms with Gasteiger partial charge in [-0.2, -0.15) is 4.98 Å². The number of nitrogens with zero attached hydrogens (tertiary/aromatic N) is 2. The molecule has 5 heteroatoms. The Morgan fingerprint density at radius 2 is 2.43 bits per heavy atom. The molecule has 0 aliphatic heterocycles. The summed E-state index contributed by atoms with van der Waals surface area (Å²) >= 11 is 9.06. The van der Waals surface area contributed by atoms with Gasteiger partial charge in [0, 0.05) is 12.7 Å². The largest absolute Gasteiger partial charge is 0.369 e. The van der Waals surface area contributed by atoms with Gasteiger partial charge in [-0.05, 0) is 45.8 Å². The Morgan fingerprint density at radius 1 is 1.71 bits per heavy atom. The smallest absolute Gasteiger partial charge is 0.224 e. The van der Waals surface area contributed by atoms with E-state index in [-0.39, 0.29) is 5.28 Å². The lowest BCUT2D eigenvalue weighted by atomic mass is 10.3. The van der Waals surface area contributed by atoms with Gasteiger partial charge in [0.25, 0.3) is 0 Å². The van der Waals surface area contributed by atoms with E-state index in [2.05, 4.69) is 38.1 Å². The van der Waals surface area contributed by atoms with Crippen LogP contribution in [0.4, 0.5) is 5.82 Å². The summed E-state index contributed by atoms with van der Waals surface area (Å²) in [7, 11) is 0. The van der Waals surface area contributed by atoms with Crippen LogP contribution in [-0.4, -0.2) is 16.5 Å². The summed E-state index contributed by atoms with van der Waals surface area (Å²) < 4.78 is 0.857. The molecule has 1 saturated carbocycles. The van der Waals surface area contributed by atoms with E-state index in [1.807, 2.05) is 0 Å². The zero-order valence-electron chi connectivity index (χ0n) is 7.80. The van der Waals surface area contributed by atoms with E-state index in [0.29, 0.717) is 0 Å². The summed E-state index contributed by atoms with van der Waals surface area (Å²) in [6.07, 6.45) is 2.97. The van der Waals surface area contributed by atoms with Gasteiger partial charge in [0.1, 0.15) is 5.82 Å². The molecular weight excluding hydrogens is 265 g/mol. The Hall–Kier alpha value is -0.350. The molecule has 1 aliphatic carbocycles. The molecule has 0 saturated heterocycles. The molecule has 1 heterocycles. The van der Waals surface area contributed by atoms with Gasteiger partial charge in [-0.3, -0.25) is 0 Å². The summed E-state index contributed by atoms with van der Waals surface area (Å²) in [5, 5.41) is 3.54. The van der Waals surface area contributed by atoms with Crippen LogP contribution in [-0.2, 0) is 0 Å². The molecule has 0 amide bonds. The summed E-state index contributed by atoms with van der Waals surface area (Å²) in [4.78, 5) is 7.96. The van der Waals surface area contributed by atoms with E-state index in [1.54, 1.807) is 6.20 Å². The highest BCUT2D eigenvalue weighted by molar-refractivity contribution is 9.10. The predicted molar refractivity (Wildman–Crippen MR) is 60.5 cm³/mol. The number of hydrogen-bond donors (Lipinski definition) is 1. The van der Waals surface area contributed by atoms with Crippen molar-refractivity contribution in [3.8, 4) is 0 Å². The zero-order valence-corrected chi connectivity index (χ0v) is 10.1. The highest BCUT2D eigenvalue weighted by atomic mass is 79.9. The fourth-order valence-electron chi connectivity index (χ4n) is 1.38. The molecule has 1 aromatic rings. The topological polar surface area (TPSA) is 37.8 Å². The fourth-order valence-corrected chi connectivity index (χ4v) is 1.85. The van der Waals surface area contributed by atoms with E-state index in [4.69, 9.17) is 11.6 Å². The first-order chi connectivity index (χ1) is 6.66. The van der Waals surface area contributed by atoms with E-state index in [1.165, 1.54) is 6.42 Å². The second kappa shape index (κ2) is 4.03. The Morgan fingerprint density at radius 3 is 3.07 bits per heavy atom. The first-order valence-corrected chi connectivity index (χ1v) is 5.76. The molecule has 1 N–H and O–H groups in total. The van der Waals surface area contributed by atoms with Gasteiger partial charge in [0.2, 0.25) is 5.28 Å². The average molecular weight is 277 g/mol. The maximum atomic E-state index is 5.69. The quantitative estimate of drug-likeness (QED) is 0.863. The van der Waals surface area contributed by atoms with Crippen molar-refractivity contribution in [2.24, 2.45) is 11.8 Å². The molecule has 3 nitrogen and oxygen atoms in total. The number of nitrogens with one attached hydrogen (secondary N) is 1. The maximum Gasteiger partial charge on any atom is 0.224 e. The van der Waals surface area contributed by atoms with Gasteiger partial charge in [0.15, 0.2) is 0 Å².